The van der Waals surface area contributed by atoms with Crippen LogP contribution in [0.5, 0.6) is 0 Å². The number of carbonyl (C=O) groups excluding carboxylic acids is 1. The van der Waals surface area contributed by atoms with Gasteiger partial charge in [0, 0.05) is 13.6 Å². The molecular formula is C20H18FNO. The molecule has 1 amide bonds. The van der Waals surface area contributed by atoms with Gasteiger partial charge in [-0.2, -0.15) is 0 Å². The molecule has 0 radical (unpaired) electrons. The molecule has 0 aliphatic rings. The van der Waals surface area contributed by atoms with Crippen molar-refractivity contribution < 1.29 is 9.18 Å². The minimum Gasteiger partial charge on any atom is -0.341 e. The minimum atomic E-state index is -0.334. The lowest BCUT2D eigenvalue weighted by molar-refractivity contribution is -0.129. The van der Waals surface area contributed by atoms with Crippen LogP contribution in [0.25, 0.3) is 10.8 Å². The van der Waals surface area contributed by atoms with Crippen molar-refractivity contribution in [3.8, 4) is 0 Å². The number of hydrogen-bond donors (Lipinski definition) is 0. The van der Waals surface area contributed by atoms with Crippen molar-refractivity contribution in [1.29, 1.82) is 0 Å². The Kier molecular flexibility index (Phi) is 4.38. The van der Waals surface area contributed by atoms with E-state index in [2.05, 4.69) is 18.2 Å². The van der Waals surface area contributed by atoms with Gasteiger partial charge in [0.2, 0.25) is 5.91 Å². The molecule has 0 unspecified atom stereocenters. The monoisotopic (exact) mass is 307 g/mol. The average molecular weight is 307 g/mol. The molecule has 0 aromatic heterocycles. The highest BCUT2D eigenvalue weighted by Crippen LogP contribution is 2.20. The summed E-state index contributed by atoms with van der Waals surface area (Å²) in [5, 5.41) is 2.29. The van der Waals surface area contributed by atoms with Gasteiger partial charge in [-0.15, -0.1) is 0 Å². The summed E-state index contributed by atoms with van der Waals surface area (Å²) in [4.78, 5) is 14.0. The first-order chi connectivity index (χ1) is 11.1. The molecule has 23 heavy (non-hydrogen) atoms. The van der Waals surface area contributed by atoms with Crippen molar-refractivity contribution >= 4 is 16.7 Å². The summed E-state index contributed by atoms with van der Waals surface area (Å²) in [6.07, 6.45) is 0.0773. The zero-order chi connectivity index (χ0) is 16.2. The Morgan fingerprint density at radius 2 is 1.57 bits per heavy atom. The van der Waals surface area contributed by atoms with Gasteiger partial charge in [-0.25, -0.2) is 4.39 Å². The van der Waals surface area contributed by atoms with Crippen LogP contribution in [-0.2, 0) is 17.8 Å². The Bertz CT molecular complexity index is 838. The van der Waals surface area contributed by atoms with Crippen LogP contribution < -0.4 is 0 Å². The second-order valence-corrected chi connectivity index (χ2v) is 5.66. The fourth-order valence-corrected chi connectivity index (χ4v) is 2.71. The summed E-state index contributed by atoms with van der Waals surface area (Å²) >= 11 is 0. The lowest BCUT2D eigenvalue weighted by atomic mass is 10.0. The van der Waals surface area contributed by atoms with Gasteiger partial charge >= 0.3 is 0 Å². The van der Waals surface area contributed by atoms with Crippen LogP contribution in [0.15, 0.2) is 66.7 Å². The number of fused-ring (bicyclic) bond motifs is 1. The molecule has 0 spiro atoms. The van der Waals surface area contributed by atoms with Crippen LogP contribution in [0.2, 0.25) is 0 Å². The fraction of sp³-hybridized carbons (Fsp3) is 0.150. The summed E-state index contributed by atoms with van der Waals surface area (Å²) in [6, 6.07) is 20.6. The number of rotatable bonds is 4. The third-order valence-corrected chi connectivity index (χ3v) is 4.01. The number of halogens is 1. The first-order valence-electron chi connectivity index (χ1n) is 7.59. The molecule has 0 aliphatic carbocycles. The Morgan fingerprint density at radius 1 is 0.913 bits per heavy atom. The SMILES string of the molecule is CN(Cc1cccc2ccccc12)C(=O)Cc1ccccc1F. The zero-order valence-electron chi connectivity index (χ0n) is 13.0. The van der Waals surface area contributed by atoms with Gasteiger partial charge in [-0.05, 0) is 28.0 Å². The third kappa shape index (κ3) is 3.39. The Morgan fingerprint density at radius 3 is 2.39 bits per heavy atom. The molecule has 0 fully saturated rings. The van der Waals surface area contributed by atoms with E-state index in [-0.39, 0.29) is 18.1 Å². The average Bonchev–Trinajstić information content (AvgIpc) is 2.57. The number of carbonyl (C=O) groups is 1. The standard InChI is InChI=1S/C20H18FNO/c1-22(20(23)13-16-8-3-5-12-19(16)21)14-17-10-6-9-15-7-2-4-11-18(15)17/h2-12H,13-14H2,1H3. The van der Waals surface area contributed by atoms with E-state index in [4.69, 9.17) is 0 Å². The molecular weight excluding hydrogens is 289 g/mol. The molecule has 3 aromatic rings. The molecule has 0 N–H and O–H groups in total. The zero-order valence-corrected chi connectivity index (χ0v) is 13.0. The smallest absolute Gasteiger partial charge is 0.227 e. The Balaban J connectivity index is 1.77. The van der Waals surface area contributed by atoms with E-state index in [9.17, 15) is 9.18 Å². The predicted octanol–water partition coefficient (Wildman–Crippen LogP) is 4.18. The summed E-state index contributed by atoms with van der Waals surface area (Å²) in [5.41, 5.74) is 1.52. The van der Waals surface area contributed by atoms with E-state index >= 15 is 0 Å². The van der Waals surface area contributed by atoms with E-state index < -0.39 is 0 Å². The molecule has 116 valence electrons. The molecule has 3 heteroatoms. The molecule has 0 saturated heterocycles. The lowest BCUT2D eigenvalue weighted by Crippen LogP contribution is -2.28. The second kappa shape index (κ2) is 6.61. The third-order valence-electron chi connectivity index (χ3n) is 4.01. The van der Waals surface area contributed by atoms with Gasteiger partial charge in [-0.3, -0.25) is 4.79 Å². The molecule has 0 aliphatic heterocycles. The first kappa shape index (κ1) is 15.2. The van der Waals surface area contributed by atoms with Crippen LogP contribution >= 0.6 is 0 Å². The number of benzene rings is 3. The molecule has 0 bridgehead atoms. The molecule has 2 nitrogen and oxygen atoms in total. The first-order valence-corrected chi connectivity index (χ1v) is 7.59. The van der Waals surface area contributed by atoms with E-state index in [1.807, 2.05) is 24.3 Å². The van der Waals surface area contributed by atoms with Crippen molar-refractivity contribution in [2.24, 2.45) is 0 Å². The molecule has 0 heterocycles. The van der Waals surface area contributed by atoms with Crippen molar-refractivity contribution in [2.75, 3.05) is 7.05 Å². The Hall–Kier alpha value is -2.68. The summed E-state index contributed by atoms with van der Waals surface area (Å²) in [5.74, 6) is -0.428. The summed E-state index contributed by atoms with van der Waals surface area (Å²) < 4.78 is 13.7. The molecule has 3 aromatic carbocycles. The topological polar surface area (TPSA) is 20.3 Å². The number of amides is 1. The van der Waals surface area contributed by atoms with E-state index in [0.717, 1.165) is 16.3 Å². The highest BCUT2D eigenvalue weighted by molar-refractivity contribution is 5.86. The second-order valence-electron chi connectivity index (χ2n) is 5.66. The van der Waals surface area contributed by atoms with Crippen molar-refractivity contribution in [3.05, 3.63) is 83.7 Å². The number of hydrogen-bond acceptors (Lipinski definition) is 1. The van der Waals surface area contributed by atoms with Gasteiger partial charge in [0.1, 0.15) is 5.82 Å². The van der Waals surface area contributed by atoms with Crippen LogP contribution in [0.4, 0.5) is 4.39 Å². The fourth-order valence-electron chi connectivity index (χ4n) is 2.71. The van der Waals surface area contributed by atoms with Crippen LogP contribution in [0.1, 0.15) is 11.1 Å². The maximum atomic E-state index is 13.7. The quantitative estimate of drug-likeness (QED) is 0.708. The summed E-state index contributed by atoms with van der Waals surface area (Å²) in [6.45, 7) is 0.509. The van der Waals surface area contributed by atoms with Crippen molar-refractivity contribution in [1.82, 2.24) is 4.90 Å². The Labute approximate surface area is 135 Å². The molecule has 3 rings (SSSR count). The predicted molar refractivity (Wildman–Crippen MR) is 90.5 cm³/mol. The molecule has 0 saturated carbocycles. The lowest BCUT2D eigenvalue weighted by Gasteiger charge is -2.18. The van der Waals surface area contributed by atoms with Crippen LogP contribution in [-0.4, -0.2) is 17.9 Å². The maximum absolute atomic E-state index is 13.7. The highest BCUT2D eigenvalue weighted by Gasteiger charge is 2.13. The number of nitrogens with zero attached hydrogens (tertiary/aromatic N) is 1. The minimum absolute atomic E-state index is 0.0773. The van der Waals surface area contributed by atoms with E-state index in [1.165, 1.54) is 6.07 Å². The van der Waals surface area contributed by atoms with E-state index in [1.54, 1.807) is 30.1 Å². The van der Waals surface area contributed by atoms with Gasteiger partial charge < -0.3 is 4.90 Å². The van der Waals surface area contributed by atoms with Crippen molar-refractivity contribution in [3.63, 3.8) is 0 Å². The summed E-state index contributed by atoms with van der Waals surface area (Å²) in [7, 11) is 1.75. The van der Waals surface area contributed by atoms with Crippen molar-refractivity contribution in [2.45, 2.75) is 13.0 Å². The van der Waals surface area contributed by atoms with Gasteiger partial charge in [-0.1, -0.05) is 60.7 Å². The largest absolute Gasteiger partial charge is 0.341 e. The van der Waals surface area contributed by atoms with Gasteiger partial charge in [0.05, 0.1) is 6.42 Å². The number of likely N-dealkylation sites (N-methyl/N-ethyl adjacent to an activating group) is 1. The van der Waals surface area contributed by atoms with Gasteiger partial charge in [0.25, 0.3) is 0 Å². The normalized spacial score (nSPS) is 10.7. The maximum Gasteiger partial charge on any atom is 0.227 e. The molecule has 0 atom stereocenters. The van der Waals surface area contributed by atoms with Crippen LogP contribution in [0.3, 0.4) is 0 Å². The van der Waals surface area contributed by atoms with Gasteiger partial charge in [0.15, 0.2) is 0 Å². The van der Waals surface area contributed by atoms with E-state index in [0.29, 0.717) is 12.1 Å². The highest BCUT2D eigenvalue weighted by atomic mass is 19.1. The van der Waals surface area contributed by atoms with Crippen LogP contribution in [0, 0.1) is 5.82 Å².